The fourth-order valence-electron chi connectivity index (χ4n) is 4.75. The van der Waals surface area contributed by atoms with Gasteiger partial charge in [0.05, 0.1) is 0 Å². The summed E-state index contributed by atoms with van der Waals surface area (Å²) in [5.41, 5.74) is 4.39. The van der Waals surface area contributed by atoms with Gasteiger partial charge in [0.2, 0.25) is 0 Å². The zero-order chi connectivity index (χ0) is 13.4. The largest absolute Gasteiger partial charge is 0.385 e. The molecule has 2 nitrogen and oxygen atoms in total. The Bertz CT molecular complexity index is 482. The van der Waals surface area contributed by atoms with E-state index in [-0.39, 0.29) is 0 Å². The van der Waals surface area contributed by atoms with Crippen LogP contribution in [-0.4, -0.2) is 13.1 Å². The zero-order valence-corrected chi connectivity index (χ0v) is 12.3. The number of hydrogen-bond donors (Lipinski definition) is 2. The van der Waals surface area contributed by atoms with Gasteiger partial charge in [-0.1, -0.05) is 24.6 Å². The number of para-hydroxylation sites is 1. The maximum absolute atomic E-state index is 3.74. The minimum absolute atomic E-state index is 0.959. The van der Waals surface area contributed by atoms with Crippen LogP contribution in [0.4, 0.5) is 5.69 Å². The first-order valence-electron chi connectivity index (χ1n) is 8.45. The monoisotopic (exact) mass is 270 g/mol. The van der Waals surface area contributed by atoms with Crippen LogP contribution >= 0.6 is 0 Å². The molecular weight excluding hydrogens is 244 g/mol. The van der Waals surface area contributed by atoms with Gasteiger partial charge in [0.25, 0.3) is 0 Å². The van der Waals surface area contributed by atoms with Crippen LogP contribution in [0.15, 0.2) is 18.2 Å². The van der Waals surface area contributed by atoms with Crippen molar-refractivity contribution < 1.29 is 0 Å². The summed E-state index contributed by atoms with van der Waals surface area (Å²) < 4.78 is 0. The van der Waals surface area contributed by atoms with Crippen molar-refractivity contribution in [3.63, 3.8) is 0 Å². The molecule has 20 heavy (non-hydrogen) atoms. The van der Waals surface area contributed by atoms with E-state index in [9.17, 15) is 0 Å². The van der Waals surface area contributed by atoms with Crippen molar-refractivity contribution in [2.75, 3.05) is 18.4 Å². The molecule has 2 heteroatoms. The third-order valence-electron chi connectivity index (χ3n) is 5.77. The first kappa shape index (κ1) is 12.7. The van der Waals surface area contributed by atoms with Gasteiger partial charge < -0.3 is 10.6 Å². The fraction of sp³-hybridized carbons (Fsp3) is 0.667. The van der Waals surface area contributed by atoms with Crippen LogP contribution in [0.5, 0.6) is 0 Å². The molecule has 0 radical (unpaired) electrons. The molecular formula is C18H26N2. The molecule has 2 saturated carbocycles. The highest BCUT2D eigenvalue weighted by molar-refractivity contribution is 5.59. The molecule has 2 fully saturated rings. The van der Waals surface area contributed by atoms with E-state index in [1.165, 1.54) is 61.9 Å². The summed E-state index contributed by atoms with van der Waals surface area (Å²) in [4.78, 5) is 0. The molecule has 108 valence electrons. The Morgan fingerprint density at radius 3 is 3.05 bits per heavy atom. The summed E-state index contributed by atoms with van der Waals surface area (Å²) in [5, 5.41) is 7.34. The molecule has 3 atom stereocenters. The highest BCUT2D eigenvalue weighted by Crippen LogP contribution is 2.47. The first-order chi connectivity index (χ1) is 9.90. The Labute approximate surface area is 122 Å². The van der Waals surface area contributed by atoms with E-state index in [1.807, 2.05) is 0 Å². The maximum Gasteiger partial charge on any atom is 0.0418 e. The van der Waals surface area contributed by atoms with E-state index in [0.29, 0.717) is 0 Å². The molecule has 0 aromatic heterocycles. The number of anilines is 1. The molecule has 3 unspecified atom stereocenters. The van der Waals surface area contributed by atoms with Crippen LogP contribution in [0.1, 0.15) is 43.2 Å². The Morgan fingerprint density at radius 2 is 2.20 bits per heavy atom. The molecule has 0 amide bonds. The number of hydrogen-bond acceptors (Lipinski definition) is 2. The summed E-state index contributed by atoms with van der Waals surface area (Å²) in [6.45, 7) is 3.39. The minimum atomic E-state index is 0.959. The molecule has 4 rings (SSSR count). The average molecular weight is 270 g/mol. The number of fused-ring (bicyclic) bond motifs is 3. The summed E-state index contributed by atoms with van der Waals surface area (Å²) in [6, 6.07) is 6.78. The summed E-state index contributed by atoms with van der Waals surface area (Å²) >= 11 is 0. The van der Waals surface area contributed by atoms with Crippen LogP contribution in [-0.2, 0) is 13.0 Å². The number of benzene rings is 1. The van der Waals surface area contributed by atoms with Gasteiger partial charge in [0, 0.05) is 18.8 Å². The Morgan fingerprint density at radius 1 is 1.20 bits per heavy atom. The molecule has 1 aromatic rings. The fourth-order valence-corrected chi connectivity index (χ4v) is 4.75. The van der Waals surface area contributed by atoms with Crippen molar-refractivity contribution in [1.29, 1.82) is 0 Å². The molecule has 0 spiro atoms. The van der Waals surface area contributed by atoms with E-state index in [0.717, 1.165) is 30.8 Å². The zero-order valence-electron chi connectivity index (χ0n) is 12.3. The molecule has 1 aliphatic heterocycles. The number of aryl methyl sites for hydroxylation is 1. The van der Waals surface area contributed by atoms with Crippen LogP contribution in [0, 0.1) is 17.8 Å². The van der Waals surface area contributed by atoms with E-state index < -0.39 is 0 Å². The molecule has 1 aromatic carbocycles. The van der Waals surface area contributed by atoms with Gasteiger partial charge in [-0.15, -0.1) is 0 Å². The normalized spacial score (nSPS) is 31.1. The smallest absolute Gasteiger partial charge is 0.0418 e. The number of rotatable bonds is 4. The maximum atomic E-state index is 3.74. The van der Waals surface area contributed by atoms with Crippen LogP contribution in [0.25, 0.3) is 0 Å². The molecule has 2 aliphatic carbocycles. The van der Waals surface area contributed by atoms with Gasteiger partial charge >= 0.3 is 0 Å². The Balaban J connectivity index is 1.35. The third kappa shape index (κ3) is 2.35. The molecule has 2 N–H and O–H groups in total. The SMILES string of the molecule is c1cc2c(c(CNCC3CC4CCC3C4)c1)NCCC2. The predicted molar refractivity (Wildman–Crippen MR) is 83.9 cm³/mol. The van der Waals surface area contributed by atoms with Gasteiger partial charge in [-0.3, -0.25) is 0 Å². The van der Waals surface area contributed by atoms with E-state index >= 15 is 0 Å². The highest BCUT2D eigenvalue weighted by Gasteiger charge is 2.38. The lowest BCUT2D eigenvalue weighted by Crippen LogP contribution is -2.27. The predicted octanol–water partition coefficient (Wildman–Crippen LogP) is 3.57. The first-order valence-corrected chi connectivity index (χ1v) is 8.45. The summed E-state index contributed by atoms with van der Waals surface area (Å²) in [7, 11) is 0. The number of nitrogens with one attached hydrogen (secondary N) is 2. The Kier molecular flexibility index (Phi) is 3.43. The molecule has 3 aliphatic rings. The molecule has 1 heterocycles. The molecule has 0 saturated heterocycles. The molecule has 2 bridgehead atoms. The summed E-state index contributed by atoms with van der Waals surface area (Å²) in [5.74, 6) is 3.06. The van der Waals surface area contributed by atoms with Gasteiger partial charge in [-0.05, 0) is 67.5 Å². The average Bonchev–Trinajstić information content (AvgIpc) is 3.10. The van der Waals surface area contributed by atoms with E-state index in [2.05, 4.69) is 28.8 Å². The lowest BCUT2D eigenvalue weighted by Gasteiger charge is -2.24. The van der Waals surface area contributed by atoms with Crippen molar-refractivity contribution >= 4 is 5.69 Å². The lowest BCUT2D eigenvalue weighted by atomic mass is 9.89. The van der Waals surface area contributed by atoms with E-state index in [4.69, 9.17) is 0 Å². The second kappa shape index (κ2) is 5.40. The third-order valence-corrected chi connectivity index (χ3v) is 5.77. The van der Waals surface area contributed by atoms with Crippen molar-refractivity contribution in [2.24, 2.45) is 17.8 Å². The lowest BCUT2D eigenvalue weighted by molar-refractivity contribution is 0.318. The van der Waals surface area contributed by atoms with Gasteiger partial charge in [0.15, 0.2) is 0 Å². The second-order valence-electron chi connectivity index (χ2n) is 7.05. The minimum Gasteiger partial charge on any atom is -0.385 e. The summed E-state index contributed by atoms with van der Waals surface area (Å²) in [6.07, 6.45) is 8.53. The van der Waals surface area contributed by atoms with Crippen molar-refractivity contribution in [1.82, 2.24) is 5.32 Å². The van der Waals surface area contributed by atoms with Gasteiger partial charge in [-0.25, -0.2) is 0 Å². The van der Waals surface area contributed by atoms with Gasteiger partial charge in [-0.2, -0.15) is 0 Å². The van der Waals surface area contributed by atoms with Gasteiger partial charge in [0.1, 0.15) is 0 Å². The van der Waals surface area contributed by atoms with Crippen LogP contribution < -0.4 is 10.6 Å². The van der Waals surface area contributed by atoms with Crippen molar-refractivity contribution in [3.8, 4) is 0 Å². The van der Waals surface area contributed by atoms with Crippen molar-refractivity contribution in [2.45, 2.75) is 45.1 Å². The van der Waals surface area contributed by atoms with Crippen LogP contribution in [0.2, 0.25) is 0 Å². The van der Waals surface area contributed by atoms with E-state index in [1.54, 1.807) is 0 Å². The van der Waals surface area contributed by atoms with Crippen molar-refractivity contribution in [3.05, 3.63) is 29.3 Å². The second-order valence-corrected chi connectivity index (χ2v) is 7.05. The highest BCUT2D eigenvalue weighted by atomic mass is 14.9. The quantitative estimate of drug-likeness (QED) is 0.874. The Hall–Kier alpha value is -1.02. The topological polar surface area (TPSA) is 24.1 Å². The standard InChI is InChI=1S/C18H26N2/c1-3-14-5-2-8-20-18(14)16(4-1)11-19-12-17-10-13-6-7-15(17)9-13/h1,3-4,13,15,17,19-20H,2,5-12H2. The van der Waals surface area contributed by atoms with Crippen LogP contribution in [0.3, 0.4) is 0 Å².